The van der Waals surface area contributed by atoms with E-state index in [1.165, 1.54) is 13.8 Å². The molecule has 0 aliphatic carbocycles. The molecule has 1 aliphatic rings. The Balaban J connectivity index is 2.59. The lowest BCUT2D eigenvalue weighted by molar-refractivity contribution is -0.134. The minimum Gasteiger partial charge on any atom is -0.341 e. The van der Waals surface area contributed by atoms with Gasteiger partial charge in [-0.05, 0) is 45.7 Å². The quantitative estimate of drug-likeness (QED) is 0.807. The zero-order chi connectivity index (χ0) is 14.7. The number of hydrogen-bond donors (Lipinski definition) is 1. The van der Waals surface area contributed by atoms with Crippen LogP contribution in [0.15, 0.2) is 0 Å². The molecule has 6 heteroatoms. The summed E-state index contributed by atoms with van der Waals surface area (Å²) in [6.07, 6.45) is 3.01. The molecule has 5 nitrogen and oxygen atoms in total. The van der Waals surface area contributed by atoms with E-state index in [0.29, 0.717) is 19.0 Å². The third-order valence-corrected chi connectivity index (χ3v) is 6.06. The zero-order valence-electron chi connectivity index (χ0n) is 12.4. The predicted molar refractivity (Wildman–Crippen MR) is 76.8 cm³/mol. The molecule has 1 rings (SSSR count). The van der Waals surface area contributed by atoms with E-state index >= 15 is 0 Å². The van der Waals surface area contributed by atoms with E-state index < -0.39 is 14.6 Å². The Morgan fingerprint density at radius 2 is 1.84 bits per heavy atom. The number of rotatable bonds is 5. The Hall–Kier alpha value is -0.620. The topological polar surface area (TPSA) is 66.5 Å². The van der Waals surface area contributed by atoms with Gasteiger partial charge in [-0.1, -0.05) is 6.92 Å². The molecule has 0 aromatic heterocycles. The van der Waals surface area contributed by atoms with Crippen LogP contribution < -0.4 is 5.32 Å². The van der Waals surface area contributed by atoms with Gasteiger partial charge < -0.3 is 10.2 Å². The predicted octanol–water partition coefficient (Wildman–Crippen LogP) is 0.658. The Morgan fingerprint density at radius 1 is 1.32 bits per heavy atom. The van der Waals surface area contributed by atoms with Crippen LogP contribution in [0.25, 0.3) is 0 Å². The molecular weight excluding hydrogens is 264 g/mol. The number of amides is 1. The summed E-state index contributed by atoms with van der Waals surface area (Å²) in [5, 5.41) is 3.32. The number of nitrogens with one attached hydrogen (secondary N) is 1. The first-order valence-electron chi connectivity index (χ1n) is 6.89. The Bertz CT molecular complexity index is 410. The summed E-state index contributed by atoms with van der Waals surface area (Å²) in [7, 11) is -3.38. The summed E-state index contributed by atoms with van der Waals surface area (Å²) >= 11 is 0. The van der Waals surface area contributed by atoms with Crippen LogP contribution in [0.1, 0.15) is 33.6 Å². The molecule has 112 valence electrons. The highest BCUT2D eigenvalue weighted by Crippen LogP contribution is 2.23. The van der Waals surface area contributed by atoms with Gasteiger partial charge in [0.25, 0.3) is 0 Å². The van der Waals surface area contributed by atoms with Crippen molar-refractivity contribution in [3.05, 3.63) is 0 Å². The van der Waals surface area contributed by atoms with Gasteiger partial charge in [0.2, 0.25) is 5.91 Å². The molecule has 0 atom stereocenters. The van der Waals surface area contributed by atoms with E-state index in [1.807, 2.05) is 0 Å². The molecule has 1 fully saturated rings. The first-order valence-corrected chi connectivity index (χ1v) is 8.79. The van der Waals surface area contributed by atoms with Crippen LogP contribution in [0, 0.1) is 5.92 Å². The molecule has 0 bridgehead atoms. The van der Waals surface area contributed by atoms with Gasteiger partial charge in [0.05, 0.1) is 0 Å². The summed E-state index contributed by atoms with van der Waals surface area (Å²) < 4.78 is 22.1. The van der Waals surface area contributed by atoms with Gasteiger partial charge in [0.15, 0.2) is 9.84 Å². The largest absolute Gasteiger partial charge is 0.341 e. The normalized spacial score (nSPS) is 18.6. The van der Waals surface area contributed by atoms with Crippen LogP contribution in [0.3, 0.4) is 0 Å². The van der Waals surface area contributed by atoms with Gasteiger partial charge in [-0.2, -0.15) is 0 Å². The Kier molecular flexibility index (Phi) is 5.38. The average Bonchev–Trinajstić information content (AvgIpc) is 2.34. The van der Waals surface area contributed by atoms with Crippen LogP contribution in [-0.2, 0) is 14.6 Å². The Labute approximate surface area is 116 Å². The number of sulfone groups is 1. The minimum atomic E-state index is -3.38. The molecule has 1 amide bonds. The molecule has 1 heterocycles. The van der Waals surface area contributed by atoms with Crippen molar-refractivity contribution >= 4 is 15.7 Å². The highest BCUT2D eigenvalue weighted by molar-refractivity contribution is 7.92. The maximum absolute atomic E-state index is 12.3. The second-order valence-electron chi connectivity index (χ2n) is 5.83. The summed E-state index contributed by atoms with van der Waals surface area (Å²) in [5.74, 6) is 0.322. The third kappa shape index (κ3) is 3.92. The lowest BCUT2D eigenvalue weighted by Crippen LogP contribution is -2.52. The minimum absolute atomic E-state index is 0.267. The van der Waals surface area contributed by atoms with Gasteiger partial charge in [-0.15, -0.1) is 0 Å². The molecule has 0 spiro atoms. The molecule has 1 aliphatic heterocycles. The molecular formula is C13H26N2O3S. The maximum Gasteiger partial charge on any atom is 0.243 e. The van der Waals surface area contributed by atoms with Crippen molar-refractivity contribution in [3.8, 4) is 0 Å². The first kappa shape index (κ1) is 16.4. The lowest BCUT2D eigenvalue weighted by atomic mass is 9.96. The Morgan fingerprint density at radius 3 is 2.26 bits per heavy atom. The van der Waals surface area contributed by atoms with E-state index in [-0.39, 0.29) is 5.91 Å². The van der Waals surface area contributed by atoms with Crippen LogP contribution in [0.5, 0.6) is 0 Å². The van der Waals surface area contributed by atoms with Gasteiger partial charge in [-0.25, -0.2) is 8.42 Å². The van der Waals surface area contributed by atoms with Crippen LogP contribution in [-0.4, -0.2) is 56.4 Å². The monoisotopic (exact) mass is 290 g/mol. The maximum atomic E-state index is 12.3. The fourth-order valence-electron chi connectivity index (χ4n) is 2.23. The molecule has 0 aromatic carbocycles. The standard InChI is InChI=1S/C13H26N2O3S/c1-5-14-10-11-6-8-15(9-7-11)12(16)13(2,3)19(4,17)18/h11,14H,5-10H2,1-4H3. The van der Waals surface area contributed by atoms with Crippen molar-refractivity contribution in [2.45, 2.75) is 38.4 Å². The molecule has 0 unspecified atom stereocenters. The van der Waals surface area contributed by atoms with Crippen LogP contribution in [0.2, 0.25) is 0 Å². The lowest BCUT2D eigenvalue weighted by Gasteiger charge is -2.36. The van der Waals surface area contributed by atoms with Crippen molar-refractivity contribution in [2.24, 2.45) is 5.92 Å². The summed E-state index contributed by atoms with van der Waals surface area (Å²) in [5.41, 5.74) is 0. The smallest absolute Gasteiger partial charge is 0.243 e. The number of carbonyl (C=O) groups excluding carboxylic acids is 1. The number of likely N-dealkylation sites (tertiary alicyclic amines) is 1. The van der Waals surface area contributed by atoms with Gasteiger partial charge in [0, 0.05) is 19.3 Å². The van der Waals surface area contributed by atoms with E-state index in [2.05, 4.69) is 12.2 Å². The van der Waals surface area contributed by atoms with Gasteiger partial charge >= 0.3 is 0 Å². The number of hydrogen-bond acceptors (Lipinski definition) is 4. The second kappa shape index (κ2) is 6.22. The molecule has 1 N–H and O–H groups in total. The first-order chi connectivity index (χ1) is 8.70. The number of piperidine rings is 1. The van der Waals surface area contributed by atoms with E-state index in [4.69, 9.17) is 0 Å². The van der Waals surface area contributed by atoms with Crippen molar-refractivity contribution < 1.29 is 13.2 Å². The van der Waals surface area contributed by atoms with E-state index in [9.17, 15) is 13.2 Å². The average molecular weight is 290 g/mol. The van der Waals surface area contributed by atoms with Crippen molar-refractivity contribution in [1.29, 1.82) is 0 Å². The highest BCUT2D eigenvalue weighted by Gasteiger charge is 2.41. The zero-order valence-corrected chi connectivity index (χ0v) is 13.2. The van der Waals surface area contributed by atoms with Crippen LogP contribution in [0.4, 0.5) is 0 Å². The van der Waals surface area contributed by atoms with Crippen molar-refractivity contribution in [2.75, 3.05) is 32.4 Å². The third-order valence-electron chi connectivity index (χ3n) is 4.03. The van der Waals surface area contributed by atoms with E-state index in [1.54, 1.807) is 4.90 Å². The van der Waals surface area contributed by atoms with Crippen LogP contribution >= 0.6 is 0 Å². The fraction of sp³-hybridized carbons (Fsp3) is 0.923. The summed E-state index contributed by atoms with van der Waals surface area (Å²) in [6.45, 7) is 8.33. The van der Waals surface area contributed by atoms with Crippen molar-refractivity contribution in [1.82, 2.24) is 10.2 Å². The summed E-state index contributed by atoms with van der Waals surface area (Å²) in [6, 6.07) is 0. The highest BCUT2D eigenvalue weighted by atomic mass is 32.2. The molecule has 0 radical (unpaired) electrons. The molecule has 1 saturated heterocycles. The van der Waals surface area contributed by atoms with Gasteiger partial charge in [0.1, 0.15) is 4.75 Å². The SMILES string of the molecule is CCNCC1CCN(C(=O)C(C)(C)S(C)(=O)=O)CC1. The molecule has 0 aromatic rings. The fourth-order valence-corrected chi connectivity index (χ4v) is 2.67. The van der Waals surface area contributed by atoms with Gasteiger partial charge in [-0.3, -0.25) is 4.79 Å². The number of nitrogens with zero attached hydrogens (tertiary/aromatic N) is 1. The number of carbonyl (C=O) groups is 1. The molecule has 19 heavy (non-hydrogen) atoms. The molecule has 0 saturated carbocycles. The summed E-state index contributed by atoms with van der Waals surface area (Å²) in [4.78, 5) is 14.0. The second-order valence-corrected chi connectivity index (χ2v) is 8.39. The van der Waals surface area contributed by atoms with Crippen molar-refractivity contribution in [3.63, 3.8) is 0 Å². The van der Waals surface area contributed by atoms with E-state index in [0.717, 1.165) is 32.2 Å².